The van der Waals surface area contributed by atoms with Crippen LogP contribution in [-0.4, -0.2) is 19.2 Å². The van der Waals surface area contributed by atoms with Crippen LogP contribution in [0.5, 0.6) is 0 Å². The van der Waals surface area contributed by atoms with Crippen molar-refractivity contribution in [2.45, 2.75) is 19.9 Å². The molecule has 5 heteroatoms. The van der Waals surface area contributed by atoms with Gasteiger partial charge < -0.3 is 9.72 Å². The first-order valence-electron chi connectivity index (χ1n) is 5.97. The molecule has 0 aliphatic heterocycles. The minimum Gasteiger partial charge on any atom is -0.350 e. The summed E-state index contributed by atoms with van der Waals surface area (Å²) in [7, 11) is 0. The number of nitrogens with one attached hydrogen (secondary N) is 1. The number of fused-ring (bicyclic) bond motifs is 1. The molecule has 3 aromatic rings. The maximum absolute atomic E-state index is 4.33. The van der Waals surface area contributed by atoms with Gasteiger partial charge in [0, 0.05) is 30.8 Å². The quantitative estimate of drug-likeness (QED) is 0.767. The molecular formula is C13H15N5. The average Bonchev–Trinajstić information content (AvgIpc) is 2.97. The first-order valence-corrected chi connectivity index (χ1v) is 5.97. The number of pyridine rings is 1. The van der Waals surface area contributed by atoms with Crippen LogP contribution in [0.4, 0.5) is 11.4 Å². The zero-order valence-corrected chi connectivity index (χ0v) is 10.4. The van der Waals surface area contributed by atoms with Gasteiger partial charge in [0.25, 0.3) is 0 Å². The van der Waals surface area contributed by atoms with Gasteiger partial charge in [-0.3, -0.25) is 4.68 Å². The van der Waals surface area contributed by atoms with E-state index in [0.717, 1.165) is 17.0 Å². The molecule has 92 valence electrons. The van der Waals surface area contributed by atoms with Crippen molar-refractivity contribution in [2.24, 2.45) is 0 Å². The molecule has 0 spiro atoms. The fourth-order valence-corrected chi connectivity index (χ4v) is 1.89. The Morgan fingerprint density at radius 1 is 1.28 bits per heavy atom. The van der Waals surface area contributed by atoms with Crippen LogP contribution in [0.2, 0.25) is 0 Å². The van der Waals surface area contributed by atoms with Crippen LogP contribution in [0.1, 0.15) is 19.9 Å². The maximum Gasteiger partial charge on any atom is 0.160 e. The highest BCUT2D eigenvalue weighted by Gasteiger charge is 2.05. The van der Waals surface area contributed by atoms with Crippen LogP contribution >= 0.6 is 0 Å². The van der Waals surface area contributed by atoms with Crippen LogP contribution in [0.25, 0.3) is 5.65 Å². The largest absolute Gasteiger partial charge is 0.350 e. The molecule has 3 aromatic heterocycles. The highest BCUT2D eigenvalue weighted by molar-refractivity contribution is 5.73. The summed E-state index contributed by atoms with van der Waals surface area (Å²) < 4.78 is 3.91. The molecule has 0 saturated heterocycles. The molecule has 0 atom stereocenters. The zero-order chi connectivity index (χ0) is 12.5. The molecule has 0 fully saturated rings. The van der Waals surface area contributed by atoms with Crippen molar-refractivity contribution in [3.05, 3.63) is 43.1 Å². The molecule has 0 saturated carbocycles. The minimum atomic E-state index is 0.364. The lowest BCUT2D eigenvalue weighted by Crippen LogP contribution is -2.00. The Kier molecular flexibility index (Phi) is 2.51. The second kappa shape index (κ2) is 4.18. The average molecular weight is 241 g/mol. The number of hydrogen-bond acceptors (Lipinski definition) is 3. The molecule has 0 aromatic carbocycles. The lowest BCUT2D eigenvalue weighted by Gasteiger charge is -2.06. The SMILES string of the molecule is CC(C)n1cc(Nc2cccn3ccnc23)cn1. The number of rotatable bonds is 3. The molecule has 1 N–H and O–H groups in total. The van der Waals surface area contributed by atoms with E-state index in [1.807, 2.05) is 46.0 Å². The Labute approximate surface area is 105 Å². The van der Waals surface area contributed by atoms with E-state index in [1.165, 1.54) is 0 Å². The lowest BCUT2D eigenvalue weighted by molar-refractivity contribution is 0.532. The highest BCUT2D eigenvalue weighted by atomic mass is 15.3. The van der Waals surface area contributed by atoms with Crippen LogP contribution in [0.15, 0.2) is 43.1 Å². The zero-order valence-electron chi connectivity index (χ0n) is 10.4. The molecule has 0 unspecified atom stereocenters. The molecule has 0 bridgehead atoms. The van der Waals surface area contributed by atoms with Crippen molar-refractivity contribution < 1.29 is 0 Å². The summed E-state index contributed by atoms with van der Waals surface area (Å²) in [6.45, 7) is 4.21. The van der Waals surface area contributed by atoms with E-state index in [1.54, 1.807) is 6.20 Å². The lowest BCUT2D eigenvalue weighted by atomic mass is 10.3. The molecule has 5 nitrogen and oxygen atoms in total. The van der Waals surface area contributed by atoms with Gasteiger partial charge in [-0.25, -0.2) is 4.98 Å². The fourth-order valence-electron chi connectivity index (χ4n) is 1.89. The predicted octanol–water partition coefficient (Wildman–Crippen LogP) is 2.86. The van der Waals surface area contributed by atoms with E-state index in [4.69, 9.17) is 0 Å². The number of imidazole rings is 1. The molecule has 0 aliphatic rings. The minimum absolute atomic E-state index is 0.364. The van der Waals surface area contributed by atoms with E-state index in [0.29, 0.717) is 6.04 Å². The Hall–Kier alpha value is -2.30. The van der Waals surface area contributed by atoms with Gasteiger partial charge >= 0.3 is 0 Å². The second-order valence-corrected chi connectivity index (χ2v) is 4.51. The second-order valence-electron chi connectivity index (χ2n) is 4.51. The van der Waals surface area contributed by atoms with Crippen molar-refractivity contribution in [3.63, 3.8) is 0 Å². The van der Waals surface area contributed by atoms with Crippen LogP contribution in [0, 0.1) is 0 Å². The van der Waals surface area contributed by atoms with Crippen molar-refractivity contribution in [1.29, 1.82) is 0 Å². The topological polar surface area (TPSA) is 47.2 Å². The van der Waals surface area contributed by atoms with E-state index >= 15 is 0 Å². The van der Waals surface area contributed by atoms with Crippen LogP contribution in [-0.2, 0) is 0 Å². The third-order valence-corrected chi connectivity index (χ3v) is 2.83. The Bertz CT molecular complexity index is 665. The van der Waals surface area contributed by atoms with E-state index in [-0.39, 0.29) is 0 Å². The van der Waals surface area contributed by atoms with Crippen molar-refractivity contribution in [2.75, 3.05) is 5.32 Å². The summed E-state index contributed by atoms with van der Waals surface area (Å²) in [4.78, 5) is 4.33. The van der Waals surface area contributed by atoms with E-state index in [9.17, 15) is 0 Å². The molecule has 3 heterocycles. The standard InChI is InChI=1S/C13H15N5/c1-10(2)18-9-11(8-15-18)16-12-4-3-6-17-7-5-14-13(12)17/h3-10,16H,1-2H3. The van der Waals surface area contributed by atoms with Crippen molar-refractivity contribution in [3.8, 4) is 0 Å². The van der Waals surface area contributed by atoms with E-state index in [2.05, 4.69) is 29.2 Å². The number of hydrogen-bond donors (Lipinski definition) is 1. The predicted molar refractivity (Wildman–Crippen MR) is 71.1 cm³/mol. The van der Waals surface area contributed by atoms with Gasteiger partial charge in [-0.1, -0.05) is 0 Å². The Balaban J connectivity index is 1.93. The normalized spacial score (nSPS) is 11.3. The number of aromatic nitrogens is 4. The number of anilines is 2. The molecular weight excluding hydrogens is 226 g/mol. The van der Waals surface area contributed by atoms with Gasteiger partial charge in [0.05, 0.1) is 17.6 Å². The molecule has 18 heavy (non-hydrogen) atoms. The van der Waals surface area contributed by atoms with Crippen LogP contribution < -0.4 is 5.32 Å². The summed E-state index contributed by atoms with van der Waals surface area (Å²) in [6.07, 6.45) is 9.52. The third kappa shape index (κ3) is 1.84. The van der Waals surface area contributed by atoms with E-state index < -0.39 is 0 Å². The maximum atomic E-state index is 4.33. The van der Waals surface area contributed by atoms with Gasteiger partial charge in [0.2, 0.25) is 0 Å². The first-order chi connectivity index (χ1) is 8.74. The van der Waals surface area contributed by atoms with Crippen molar-refractivity contribution in [1.82, 2.24) is 19.2 Å². The smallest absolute Gasteiger partial charge is 0.160 e. The van der Waals surface area contributed by atoms with Gasteiger partial charge in [0.15, 0.2) is 5.65 Å². The Morgan fingerprint density at radius 2 is 2.17 bits per heavy atom. The molecule has 3 rings (SSSR count). The Morgan fingerprint density at radius 3 is 2.94 bits per heavy atom. The first kappa shape index (κ1) is 10.8. The third-order valence-electron chi connectivity index (χ3n) is 2.83. The summed E-state index contributed by atoms with van der Waals surface area (Å²) >= 11 is 0. The number of nitrogens with zero attached hydrogens (tertiary/aromatic N) is 4. The monoisotopic (exact) mass is 241 g/mol. The van der Waals surface area contributed by atoms with Gasteiger partial charge in [0.1, 0.15) is 0 Å². The molecule has 0 amide bonds. The van der Waals surface area contributed by atoms with Crippen LogP contribution in [0.3, 0.4) is 0 Å². The van der Waals surface area contributed by atoms with Gasteiger partial charge in [-0.15, -0.1) is 0 Å². The van der Waals surface area contributed by atoms with Crippen molar-refractivity contribution >= 4 is 17.0 Å². The highest BCUT2D eigenvalue weighted by Crippen LogP contribution is 2.20. The summed E-state index contributed by atoms with van der Waals surface area (Å²) in [5.41, 5.74) is 2.86. The fraction of sp³-hybridized carbons (Fsp3) is 0.231. The van der Waals surface area contributed by atoms with Gasteiger partial charge in [-0.05, 0) is 26.0 Å². The summed E-state index contributed by atoms with van der Waals surface area (Å²) in [6, 6.07) is 4.36. The molecule has 0 radical (unpaired) electrons. The van der Waals surface area contributed by atoms with Gasteiger partial charge in [-0.2, -0.15) is 5.10 Å². The summed E-state index contributed by atoms with van der Waals surface area (Å²) in [5, 5.41) is 7.65. The molecule has 0 aliphatic carbocycles. The summed E-state index contributed by atoms with van der Waals surface area (Å²) in [5.74, 6) is 0.